The van der Waals surface area contributed by atoms with Gasteiger partial charge < -0.3 is 30.0 Å². The number of aliphatic hydroxyl groups excluding tert-OH is 1. The van der Waals surface area contributed by atoms with Crippen LogP contribution in [0.5, 0.6) is 0 Å². The number of amides is 3. The summed E-state index contributed by atoms with van der Waals surface area (Å²) in [6, 6.07) is 9.56. The minimum atomic E-state index is -0.708. The first-order valence-electron chi connectivity index (χ1n) is 17.7. The second-order valence-electron chi connectivity index (χ2n) is 10.8. The Morgan fingerprint density at radius 2 is 1.37 bits per heavy atom. The van der Waals surface area contributed by atoms with Crippen LogP contribution in [0.2, 0.25) is 0 Å². The minimum absolute atomic E-state index is 0.0136. The molecule has 1 rings (SSSR count). The van der Waals surface area contributed by atoms with Crippen LogP contribution in [0, 0.1) is 0 Å². The van der Waals surface area contributed by atoms with Crippen molar-refractivity contribution in [2.45, 2.75) is 140 Å². The molecular weight excluding hydrogens is 650 g/mol. The summed E-state index contributed by atoms with van der Waals surface area (Å²) in [4.78, 5) is 46.0. The zero-order valence-electron chi connectivity index (χ0n) is 32.4. The summed E-state index contributed by atoms with van der Waals surface area (Å²) in [6.07, 6.45) is 0.504. The highest BCUT2D eigenvalue weighted by Crippen LogP contribution is 2.13. The fourth-order valence-electron chi connectivity index (χ4n) is 3.15. The number of hydrogen-bond donors (Lipinski definition) is 3. The Hall–Kier alpha value is -2.26. The van der Waals surface area contributed by atoms with Gasteiger partial charge in [-0.3, -0.25) is 18.7 Å². The van der Waals surface area contributed by atoms with E-state index in [1.807, 2.05) is 92.6 Å². The molecule has 0 radical (unpaired) electrons. The standard InChI is InChI=1S/C22H35N3O5S.C10H22O4.2C2H6/c1-4-13-25(31-14-5-2)22(28)11-12-23-20(26)16-29-18(3)30-17-21(27)24-15-19-9-7-6-8-10-19;1-7(2)12-6-10(9(5)11)14-13-8(3)4;2*1-2/h6-10,18H,4-5,11-17H2,1-3H3,(H,23,26)(H,24,27);7-11H,6H2,1-5H3;2*1-2H3. The molecule has 0 heterocycles. The van der Waals surface area contributed by atoms with Crippen molar-refractivity contribution < 1.29 is 43.5 Å². The third-order valence-corrected chi connectivity index (χ3v) is 6.84. The summed E-state index contributed by atoms with van der Waals surface area (Å²) in [7, 11) is 0. The average molecular weight is 720 g/mol. The first kappa shape index (κ1) is 51.1. The second kappa shape index (κ2) is 35.6. The normalized spacial score (nSPS) is 12.2. The summed E-state index contributed by atoms with van der Waals surface area (Å²) < 4.78 is 17.7. The van der Waals surface area contributed by atoms with Crippen molar-refractivity contribution in [2.75, 3.05) is 38.7 Å². The molecule has 1 aromatic rings. The van der Waals surface area contributed by atoms with Gasteiger partial charge in [-0.15, -0.1) is 0 Å². The Labute approximate surface area is 301 Å². The Morgan fingerprint density at radius 3 is 1.86 bits per heavy atom. The lowest BCUT2D eigenvalue weighted by molar-refractivity contribution is -0.361. The van der Waals surface area contributed by atoms with Gasteiger partial charge in [-0.05, 0) is 71.9 Å². The lowest BCUT2D eigenvalue weighted by Gasteiger charge is -2.21. The van der Waals surface area contributed by atoms with E-state index >= 15 is 0 Å². The van der Waals surface area contributed by atoms with E-state index in [4.69, 9.17) is 24.0 Å². The summed E-state index contributed by atoms with van der Waals surface area (Å²) in [5.41, 5.74) is 0.997. The Balaban J connectivity index is -0.000000983. The van der Waals surface area contributed by atoms with E-state index in [1.54, 1.807) is 18.2 Å². The Morgan fingerprint density at radius 1 is 0.796 bits per heavy atom. The Bertz CT molecular complexity index is 897. The van der Waals surface area contributed by atoms with E-state index in [0.717, 1.165) is 24.2 Å². The highest BCUT2D eigenvalue weighted by atomic mass is 32.2. The van der Waals surface area contributed by atoms with Gasteiger partial charge in [0, 0.05) is 31.8 Å². The molecular formula is C36H69N3O9S. The monoisotopic (exact) mass is 719 g/mol. The van der Waals surface area contributed by atoms with Crippen molar-refractivity contribution in [3.63, 3.8) is 0 Å². The van der Waals surface area contributed by atoms with Crippen molar-refractivity contribution in [3.8, 4) is 0 Å². The van der Waals surface area contributed by atoms with Crippen molar-refractivity contribution in [1.82, 2.24) is 14.9 Å². The maximum absolute atomic E-state index is 12.2. The molecule has 0 saturated heterocycles. The first-order valence-corrected chi connectivity index (χ1v) is 18.7. The van der Waals surface area contributed by atoms with E-state index in [9.17, 15) is 19.5 Å². The molecule has 13 heteroatoms. The van der Waals surface area contributed by atoms with Crippen LogP contribution in [0.4, 0.5) is 0 Å². The molecule has 0 aliphatic carbocycles. The molecule has 1 aromatic carbocycles. The molecule has 0 fully saturated rings. The number of carbonyl (C=O) groups is 3. The summed E-state index contributed by atoms with van der Waals surface area (Å²) in [5.74, 6) is 0.313. The molecule has 288 valence electrons. The molecule has 3 N–H and O–H groups in total. The predicted octanol–water partition coefficient (Wildman–Crippen LogP) is 6.05. The largest absolute Gasteiger partial charge is 0.390 e. The van der Waals surface area contributed by atoms with Crippen LogP contribution >= 0.6 is 11.9 Å². The number of rotatable bonds is 23. The molecule has 0 aliphatic rings. The lowest BCUT2D eigenvalue weighted by Crippen LogP contribution is -2.34. The van der Waals surface area contributed by atoms with E-state index in [2.05, 4.69) is 17.6 Å². The van der Waals surface area contributed by atoms with Crippen LogP contribution in [-0.4, -0.2) is 96.5 Å². The quantitative estimate of drug-likeness (QED) is 0.0529. The van der Waals surface area contributed by atoms with E-state index in [-0.39, 0.29) is 56.1 Å². The van der Waals surface area contributed by atoms with Gasteiger partial charge in [-0.2, -0.15) is 0 Å². The molecule has 49 heavy (non-hydrogen) atoms. The van der Waals surface area contributed by atoms with Crippen LogP contribution in [0.1, 0.15) is 108 Å². The van der Waals surface area contributed by atoms with E-state index in [1.165, 1.54) is 11.9 Å². The smallest absolute Gasteiger partial charge is 0.246 e. The van der Waals surface area contributed by atoms with Gasteiger partial charge in [0.25, 0.3) is 0 Å². The summed E-state index contributed by atoms with van der Waals surface area (Å²) >= 11 is 1.53. The molecule has 0 bridgehead atoms. The van der Waals surface area contributed by atoms with Gasteiger partial charge in [-0.1, -0.05) is 71.9 Å². The van der Waals surface area contributed by atoms with Crippen LogP contribution in [0.25, 0.3) is 0 Å². The SMILES string of the molecule is CC.CC.CC(C)OCC(OOC(C)C)C(C)O.CCCSN(CCC)C(=O)CCNC(=O)COC(C)OCC(=O)NCc1ccccc1. The lowest BCUT2D eigenvalue weighted by atomic mass is 10.2. The van der Waals surface area contributed by atoms with Gasteiger partial charge in [0.05, 0.1) is 24.9 Å². The molecule has 0 aromatic heterocycles. The zero-order valence-corrected chi connectivity index (χ0v) is 33.2. The third kappa shape index (κ3) is 32.7. The van der Waals surface area contributed by atoms with Gasteiger partial charge in [-0.25, -0.2) is 9.78 Å². The zero-order chi connectivity index (χ0) is 38.0. The van der Waals surface area contributed by atoms with Crippen molar-refractivity contribution in [3.05, 3.63) is 35.9 Å². The second-order valence-corrected chi connectivity index (χ2v) is 11.9. The molecule has 3 amide bonds. The number of ether oxygens (including phenoxy) is 3. The van der Waals surface area contributed by atoms with Gasteiger partial charge in [0.2, 0.25) is 17.7 Å². The third-order valence-electron chi connectivity index (χ3n) is 5.55. The number of nitrogens with one attached hydrogen (secondary N) is 2. The Kier molecular flexibility index (Phi) is 37.1. The number of benzene rings is 1. The first-order chi connectivity index (χ1) is 23.4. The average Bonchev–Trinajstić information content (AvgIpc) is 3.09. The van der Waals surface area contributed by atoms with Crippen molar-refractivity contribution in [1.29, 1.82) is 0 Å². The molecule has 3 unspecified atom stereocenters. The van der Waals surface area contributed by atoms with E-state index in [0.29, 0.717) is 19.7 Å². The number of nitrogens with zero attached hydrogens (tertiary/aromatic N) is 1. The maximum Gasteiger partial charge on any atom is 0.246 e. The van der Waals surface area contributed by atoms with Gasteiger partial charge in [0.1, 0.15) is 19.3 Å². The van der Waals surface area contributed by atoms with Crippen LogP contribution in [0.3, 0.4) is 0 Å². The highest BCUT2D eigenvalue weighted by molar-refractivity contribution is 7.97. The number of carbonyl (C=O) groups excluding carboxylic acids is 3. The molecule has 0 aliphatic heterocycles. The molecule has 0 saturated carbocycles. The number of aliphatic hydroxyl groups is 1. The predicted molar refractivity (Wildman–Crippen MR) is 199 cm³/mol. The van der Waals surface area contributed by atoms with Crippen LogP contribution in [-0.2, 0) is 44.9 Å². The molecule has 12 nitrogen and oxygen atoms in total. The van der Waals surface area contributed by atoms with Gasteiger partial charge >= 0.3 is 0 Å². The summed E-state index contributed by atoms with van der Waals surface area (Å²) in [5, 5.41) is 14.8. The van der Waals surface area contributed by atoms with Gasteiger partial charge in [0.15, 0.2) is 6.29 Å². The molecule has 3 atom stereocenters. The van der Waals surface area contributed by atoms with Crippen molar-refractivity contribution >= 4 is 29.7 Å². The van der Waals surface area contributed by atoms with Crippen molar-refractivity contribution in [2.24, 2.45) is 0 Å². The minimum Gasteiger partial charge on any atom is -0.390 e. The fourth-order valence-corrected chi connectivity index (χ4v) is 4.10. The van der Waals surface area contributed by atoms with E-state index < -0.39 is 18.5 Å². The topological polar surface area (TPSA) is 145 Å². The highest BCUT2D eigenvalue weighted by Gasteiger charge is 2.18. The molecule has 0 spiro atoms. The fraction of sp³-hybridized carbons (Fsp3) is 0.750. The van der Waals surface area contributed by atoms with Crippen LogP contribution in [0.15, 0.2) is 30.3 Å². The number of hydrogen-bond acceptors (Lipinski definition) is 10. The summed E-state index contributed by atoms with van der Waals surface area (Å²) in [6.45, 7) is 24.3. The van der Waals surface area contributed by atoms with Crippen LogP contribution < -0.4 is 10.6 Å². The maximum atomic E-state index is 12.2.